The summed E-state index contributed by atoms with van der Waals surface area (Å²) in [7, 11) is 0. The van der Waals surface area contributed by atoms with Crippen LogP contribution in [0.5, 0.6) is 0 Å². The zero-order chi connectivity index (χ0) is 11.2. The van der Waals surface area contributed by atoms with Crippen LogP contribution in [0.3, 0.4) is 0 Å². The van der Waals surface area contributed by atoms with Gasteiger partial charge in [0.05, 0.1) is 6.61 Å². The van der Waals surface area contributed by atoms with Gasteiger partial charge >= 0.3 is 0 Å². The maximum absolute atomic E-state index is 5.58. The van der Waals surface area contributed by atoms with E-state index < -0.39 is 0 Å². The van der Waals surface area contributed by atoms with Crippen molar-refractivity contribution in [1.82, 2.24) is 5.32 Å². The van der Waals surface area contributed by atoms with Crippen molar-refractivity contribution in [2.24, 2.45) is 5.92 Å². The fourth-order valence-electron chi connectivity index (χ4n) is 1.75. The molecule has 1 fully saturated rings. The van der Waals surface area contributed by atoms with Crippen molar-refractivity contribution in [1.29, 1.82) is 0 Å². The molecular weight excluding hydrogens is 218 g/mol. The van der Waals surface area contributed by atoms with Gasteiger partial charge in [0.25, 0.3) is 0 Å². The molecule has 0 aromatic carbocycles. The molecule has 1 aliphatic carbocycles. The van der Waals surface area contributed by atoms with Gasteiger partial charge in [0.1, 0.15) is 0 Å². The van der Waals surface area contributed by atoms with Gasteiger partial charge in [-0.15, -0.1) is 0 Å². The number of ether oxygens (including phenoxy) is 1. The van der Waals surface area contributed by atoms with E-state index in [9.17, 15) is 0 Å². The molecule has 0 aliphatic heterocycles. The zero-order valence-corrected chi connectivity index (χ0v) is 10.8. The molecule has 1 N–H and O–H groups in total. The molecule has 1 heterocycles. The van der Waals surface area contributed by atoms with Gasteiger partial charge in [0.15, 0.2) is 0 Å². The lowest BCUT2D eigenvalue weighted by Gasteiger charge is -2.13. The first-order valence-corrected chi connectivity index (χ1v) is 7.11. The molecule has 1 aromatic heterocycles. The highest BCUT2D eigenvalue weighted by Crippen LogP contribution is 2.28. The summed E-state index contributed by atoms with van der Waals surface area (Å²) in [6, 6.07) is 2.74. The quantitative estimate of drug-likeness (QED) is 0.704. The van der Waals surface area contributed by atoms with Gasteiger partial charge in [0.2, 0.25) is 0 Å². The second kappa shape index (κ2) is 6.38. The lowest BCUT2D eigenvalue weighted by molar-refractivity contribution is 0.124. The summed E-state index contributed by atoms with van der Waals surface area (Å²) in [5.74, 6) is 0.878. The van der Waals surface area contributed by atoms with Crippen LogP contribution in [0.2, 0.25) is 0 Å². The third-order valence-electron chi connectivity index (χ3n) is 2.91. The highest BCUT2D eigenvalue weighted by atomic mass is 32.1. The Morgan fingerprint density at radius 3 is 3.12 bits per heavy atom. The molecule has 0 saturated heterocycles. The van der Waals surface area contributed by atoms with E-state index in [0.29, 0.717) is 6.04 Å². The van der Waals surface area contributed by atoms with E-state index in [1.165, 1.54) is 18.4 Å². The number of thiophene rings is 1. The molecule has 1 saturated carbocycles. The molecule has 16 heavy (non-hydrogen) atoms. The van der Waals surface area contributed by atoms with Crippen molar-refractivity contribution in [3.05, 3.63) is 22.4 Å². The minimum atomic E-state index is 0.541. The fraction of sp³-hybridized carbons (Fsp3) is 0.692. The van der Waals surface area contributed by atoms with E-state index in [1.807, 2.05) is 0 Å². The molecule has 0 spiro atoms. The first-order valence-electron chi connectivity index (χ1n) is 6.17. The summed E-state index contributed by atoms with van der Waals surface area (Å²) < 4.78 is 5.58. The van der Waals surface area contributed by atoms with Crippen LogP contribution in [0.4, 0.5) is 0 Å². The number of hydrogen-bond donors (Lipinski definition) is 1. The van der Waals surface area contributed by atoms with Gasteiger partial charge in [-0.3, -0.25) is 0 Å². The van der Waals surface area contributed by atoms with Crippen molar-refractivity contribution in [2.45, 2.75) is 32.2 Å². The number of nitrogens with one attached hydrogen (secondary N) is 1. The summed E-state index contributed by atoms with van der Waals surface area (Å²) >= 11 is 1.77. The minimum Gasteiger partial charge on any atom is -0.380 e. The summed E-state index contributed by atoms with van der Waals surface area (Å²) in [6.07, 6.45) is 3.87. The van der Waals surface area contributed by atoms with E-state index in [0.717, 1.165) is 32.1 Å². The first kappa shape index (κ1) is 12.1. The third kappa shape index (κ3) is 4.64. The van der Waals surface area contributed by atoms with Crippen molar-refractivity contribution >= 4 is 11.3 Å². The zero-order valence-electron chi connectivity index (χ0n) is 9.95. The van der Waals surface area contributed by atoms with E-state index >= 15 is 0 Å². The highest BCUT2D eigenvalue weighted by molar-refractivity contribution is 7.07. The molecule has 2 nitrogen and oxygen atoms in total. The molecule has 0 amide bonds. The van der Waals surface area contributed by atoms with Crippen LogP contribution >= 0.6 is 11.3 Å². The molecule has 2 rings (SSSR count). The van der Waals surface area contributed by atoms with Crippen LogP contribution in [-0.2, 0) is 11.2 Å². The summed E-state index contributed by atoms with van der Waals surface area (Å²) in [5.41, 5.74) is 1.43. The maximum atomic E-state index is 5.58. The normalized spacial score (nSPS) is 17.6. The molecule has 0 radical (unpaired) electrons. The van der Waals surface area contributed by atoms with E-state index in [-0.39, 0.29) is 0 Å². The third-order valence-corrected chi connectivity index (χ3v) is 3.64. The second-order valence-electron chi connectivity index (χ2n) is 4.71. The minimum absolute atomic E-state index is 0.541. The number of hydrogen-bond acceptors (Lipinski definition) is 3. The summed E-state index contributed by atoms with van der Waals surface area (Å²) in [4.78, 5) is 0. The molecule has 0 bridgehead atoms. The Hall–Kier alpha value is -0.380. The summed E-state index contributed by atoms with van der Waals surface area (Å²) in [6.45, 7) is 5.03. The van der Waals surface area contributed by atoms with E-state index in [4.69, 9.17) is 4.74 Å². The largest absolute Gasteiger partial charge is 0.380 e. The van der Waals surface area contributed by atoms with Crippen molar-refractivity contribution < 1.29 is 4.74 Å². The van der Waals surface area contributed by atoms with Gasteiger partial charge < -0.3 is 10.1 Å². The standard InChI is InChI=1S/C13H21NOS/c1-11(8-13-4-7-16-10-13)14-5-6-15-9-12-2-3-12/h4,7,10-12,14H,2-3,5-6,8-9H2,1H3. The topological polar surface area (TPSA) is 21.3 Å². The fourth-order valence-corrected chi connectivity index (χ4v) is 2.43. The van der Waals surface area contributed by atoms with Crippen LogP contribution in [0, 0.1) is 5.92 Å². The lowest BCUT2D eigenvalue weighted by Crippen LogP contribution is -2.31. The second-order valence-corrected chi connectivity index (χ2v) is 5.49. The Morgan fingerprint density at radius 2 is 2.44 bits per heavy atom. The first-order chi connectivity index (χ1) is 7.84. The molecule has 1 aromatic rings. The SMILES string of the molecule is CC(Cc1ccsc1)NCCOCC1CC1. The van der Waals surface area contributed by atoms with Crippen molar-refractivity contribution in [3.63, 3.8) is 0 Å². The van der Waals surface area contributed by atoms with Crippen LogP contribution in [0.15, 0.2) is 16.8 Å². The van der Waals surface area contributed by atoms with Crippen molar-refractivity contribution in [3.8, 4) is 0 Å². The van der Waals surface area contributed by atoms with Gasteiger partial charge in [-0.1, -0.05) is 0 Å². The summed E-state index contributed by atoms with van der Waals surface area (Å²) in [5, 5.41) is 7.86. The van der Waals surface area contributed by atoms with Crippen LogP contribution in [-0.4, -0.2) is 25.8 Å². The molecule has 3 heteroatoms. The predicted molar refractivity (Wildman–Crippen MR) is 69.0 cm³/mol. The Morgan fingerprint density at radius 1 is 1.56 bits per heavy atom. The maximum Gasteiger partial charge on any atom is 0.0591 e. The molecule has 1 aliphatic rings. The molecule has 1 atom stereocenters. The smallest absolute Gasteiger partial charge is 0.0591 e. The molecule has 1 unspecified atom stereocenters. The average Bonchev–Trinajstić information content (AvgIpc) is 2.95. The van der Waals surface area contributed by atoms with E-state index in [2.05, 4.69) is 29.1 Å². The average molecular weight is 239 g/mol. The monoisotopic (exact) mass is 239 g/mol. The van der Waals surface area contributed by atoms with Gasteiger partial charge in [-0.2, -0.15) is 11.3 Å². The van der Waals surface area contributed by atoms with Gasteiger partial charge in [-0.25, -0.2) is 0 Å². The van der Waals surface area contributed by atoms with Crippen LogP contribution in [0.25, 0.3) is 0 Å². The lowest BCUT2D eigenvalue weighted by atomic mass is 10.1. The van der Waals surface area contributed by atoms with Crippen molar-refractivity contribution in [2.75, 3.05) is 19.8 Å². The Bertz CT molecular complexity index is 282. The Balaban J connectivity index is 1.48. The van der Waals surface area contributed by atoms with Crippen LogP contribution < -0.4 is 5.32 Å². The van der Waals surface area contributed by atoms with Crippen LogP contribution in [0.1, 0.15) is 25.3 Å². The predicted octanol–water partition coefficient (Wildman–Crippen LogP) is 2.70. The Kier molecular flexibility index (Phi) is 4.82. The highest BCUT2D eigenvalue weighted by Gasteiger charge is 2.20. The number of rotatable bonds is 8. The van der Waals surface area contributed by atoms with E-state index in [1.54, 1.807) is 11.3 Å². The Labute approximate surface area is 102 Å². The van der Waals surface area contributed by atoms with Gasteiger partial charge in [-0.05, 0) is 54.5 Å². The van der Waals surface area contributed by atoms with Gasteiger partial charge in [0, 0.05) is 19.2 Å². The molecule has 90 valence electrons. The molecular formula is C13H21NOS.